The van der Waals surface area contributed by atoms with Crippen LogP contribution in [-0.4, -0.2) is 49.3 Å². The van der Waals surface area contributed by atoms with Crippen molar-refractivity contribution in [2.45, 2.75) is 58.0 Å². The molecule has 18 heavy (non-hydrogen) atoms. The summed E-state index contributed by atoms with van der Waals surface area (Å²) >= 11 is 0. The average Bonchev–Trinajstić information content (AvgIpc) is 3.22. The number of nitrogens with zero attached hydrogens (tertiary/aromatic N) is 1. The molecule has 0 spiro atoms. The molecule has 106 valence electrons. The summed E-state index contributed by atoms with van der Waals surface area (Å²) < 4.78 is 5.51. The molecule has 1 saturated heterocycles. The maximum absolute atomic E-state index is 5.51. The van der Waals surface area contributed by atoms with Crippen molar-refractivity contribution < 1.29 is 4.74 Å². The molecule has 2 unspecified atom stereocenters. The molecule has 2 atom stereocenters. The minimum Gasteiger partial charge on any atom is -0.379 e. The van der Waals surface area contributed by atoms with Crippen molar-refractivity contribution in [1.29, 1.82) is 0 Å². The van der Waals surface area contributed by atoms with Crippen molar-refractivity contribution in [3.8, 4) is 0 Å². The lowest BCUT2D eigenvalue weighted by molar-refractivity contribution is -0.0339. The maximum Gasteiger partial charge on any atom is 0.0594 e. The van der Waals surface area contributed by atoms with Crippen LogP contribution in [0.3, 0.4) is 0 Å². The lowest BCUT2D eigenvalue weighted by atomic mass is 9.83. The predicted molar refractivity (Wildman–Crippen MR) is 75.9 cm³/mol. The van der Waals surface area contributed by atoms with Gasteiger partial charge in [-0.2, -0.15) is 0 Å². The van der Waals surface area contributed by atoms with Gasteiger partial charge in [-0.05, 0) is 32.2 Å². The van der Waals surface area contributed by atoms with Gasteiger partial charge in [-0.15, -0.1) is 0 Å². The SMILES string of the molecule is CCNC(CC1CC1)C(C)(CC)N1CCOCC1. The van der Waals surface area contributed by atoms with Gasteiger partial charge in [0.15, 0.2) is 0 Å². The Balaban J connectivity index is 2.04. The van der Waals surface area contributed by atoms with Gasteiger partial charge in [0.2, 0.25) is 0 Å². The van der Waals surface area contributed by atoms with Crippen molar-refractivity contribution in [3.63, 3.8) is 0 Å². The van der Waals surface area contributed by atoms with Gasteiger partial charge in [-0.1, -0.05) is 26.7 Å². The molecule has 0 aromatic rings. The van der Waals surface area contributed by atoms with Crippen LogP contribution in [0.15, 0.2) is 0 Å². The lowest BCUT2D eigenvalue weighted by Crippen LogP contribution is -2.61. The number of morpholine rings is 1. The number of rotatable bonds is 7. The van der Waals surface area contributed by atoms with E-state index in [1.807, 2.05) is 0 Å². The average molecular weight is 254 g/mol. The Labute approximate surface area is 112 Å². The first kappa shape index (κ1) is 14.3. The number of hydrogen-bond acceptors (Lipinski definition) is 3. The molecular weight excluding hydrogens is 224 g/mol. The fourth-order valence-corrected chi connectivity index (χ4v) is 3.25. The molecule has 3 nitrogen and oxygen atoms in total. The Morgan fingerprint density at radius 3 is 2.44 bits per heavy atom. The van der Waals surface area contributed by atoms with Crippen LogP contribution in [0.4, 0.5) is 0 Å². The van der Waals surface area contributed by atoms with Crippen LogP contribution in [0, 0.1) is 5.92 Å². The predicted octanol–water partition coefficient (Wildman–Crippen LogP) is 2.27. The zero-order valence-corrected chi connectivity index (χ0v) is 12.4. The first-order valence-electron chi connectivity index (χ1n) is 7.77. The molecule has 1 aliphatic heterocycles. The molecule has 2 aliphatic rings. The van der Waals surface area contributed by atoms with Crippen LogP contribution in [-0.2, 0) is 4.74 Å². The molecular formula is C15H30N2O. The van der Waals surface area contributed by atoms with Gasteiger partial charge in [0.05, 0.1) is 13.2 Å². The van der Waals surface area contributed by atoms with Crippen molar-refractivity contribution in [1.82, 2.24) is 10.2 Å². The van der Waals surface area contributed by atoms with Crippen molar-refractivity contribution >= 4 is 0 Å². The Hall–Kier alpha value is -0.120. The zero-order chi connectivity index (χ0) is 13.0. The van der Waals surface area contributed by atoms with E-state index in [-0.39, 0.29) is 0 Å². The molecule has 0 amide bonds. The van der Waals surface area contributed by atoms with Gasteiger partial charge in [0, 0.05) is 24.7 Å². The molecule has 0 radical (unpaired) electrons. The van der Waals surface area contributed by atoms with Crippen molar-refractivity contribution in [2.75, 3.05) is 32.8 Å². The molecule has 1 N–H and O–H groups in total. The molecule has 0 aromatic heterocycles. The van der Waals surface area contributed by atoms with Gasteiger partial charge in [-0.25, -0.2) is 0 Å². The van der Waals surface area contributed by atoms with Gasteiger partial charge >= 0.3 is 0 Å². The largest absolute Gasteiger partial charge is 0.379 e. The summed E-state index contributed by atoms with van der Waals surface area (Å²) in [7, 11) is 0. The van der Waals surface area contributed by atoms with Crippen LogP contribution in [0.2, 0.25) is 0 Å². The minimum atomic E-state index is 0.294. The summed E-state index contributed by atoms with van der Waals surface area (Å²) in [6.07, 6.45) is 5.47. The second-order valence-electron chi connectivity index (χ2n) is 6.10. The Morgan fingerprint density at radius 1 is 1.28 bits per heavy atom. The van der Waals surface area contributed by atoms with E-state index in [4.69, 9.17) is 4.74 Å². The van der Waals surface area contributed by atoms with E-state index >= 15 is 0 Å². The summed E-state index contributed by atoms with van der Waals surface area (Å²) in [5.41, 5.74) is 0.294. The Bertz CT molecular complexity index is 249. The molecule has 2 fully saturated rings. The van der Waals surface area contributed by atoms with Crippen LogP contribution in [0.5, 0.6) is 0 Å². The van der Waals surface area contributed by atoms with Crippen LogP contribution in [0.25, 0.3) is 0 Å². The van der Waals surface area contributed by atoms with E-state index in [2.05, 4.69) is 31.0 Å². The number of hydrogen-bond donors (Lipinski definition) is 1. The molecule has 1 heterocycles. The summed E-state index contributed by atoms with van der Waals surface area (Å²) in [5, 5.41) is 3.76. The van der Waals surface area contributed by atoms with Crippen LogP contribution >= 0.6 is 0 Å². The maximum atomic E-state index is 5.51. The lowest BCUT2D eigenvalue weighted by Gasteiger charge is -2.48. The van der Waals surface area contributed by atoms with E-state index in [1.54, 1.807) is 0 Å². The topological polar surface area (TPSA) is 24.5 Å². The molecule has 0 aromatic carbocycles. The summed E-state index contributed by atoms with van der Waals surface area (Å²) in [6, 6.07) is 0.637. The highest BCUT2D eigenvalue weighted by Gasteiger charge is 2.40. The smallest absolute Gasteiger partial charge is 0.0594 e. The quantitative estimate of drug-likeness (QED) is 0.754. The van der Waals surface area contributed by atoms with Gasteiger partial charge in [-0.3, -0.25) is 4.90 Å². The van der Waals surface area contributed by atoms with Gasteiger partial charge < -0.3 is 10.1 Å². The molecule has 3 heteroatoms. The zero-order valence-electron chi connectivity index (χ0n) is 12.4. The van der Waals surface area contributed by atoms with Gasteiger partial charge in [0.1, 0.15) is 0 Å². The first-order chi connectivity index (χ1) is 8.70. The van der Waals surface area contributed by atoms with E-state index in [9.17, 15) is 0 Å². The molecule has 1 saturated carbocycles. The van der Waals surface area contributed by atoms with Gasteiger partial charge in [0.25, 0.3) is 0 Å². The number of nitrogens with one attached hydrogen (secondary N) is 1. The molecule has 2 rings (SSSR count). The summed E-state index contributed by atoms with van der Waals surface area (Å²) in [4.78, 5) is 2.66. The molecule has 1 aliphatic carbocycles. The van der Waals surface area contributed by atoms with Crippen LogP contribution in [0.1, 0.15) is 46.5 Å². The second-order valence-corrected chi connectivity index (χ2v) is 6.10. The molecule has 0 bridgehead atoms. The standard InChI is InChI=1S/C15H30N2O/c1-4-15(3,17-8-10-18-11-9-17)14(16-5-2)12-13-6-7-13/h13-14,16H,4-12H2,1-3H3. The fraction of sp³-hybridized carbons (Fsp3) is 1.00. The minimum absolute atomic E-state index is 0.294. The van der Waals surface area contributed by atoms with E-state index in [0.717, 1.165) is 38.8 Å². The van der Waals surface area contributed by atoms with Crippen LogP contribution < -0.4 is 5.32 Å². The first-order valence-corrected chi connectivity index (χ1v) is 7.77. The Kier molecular flexibility index (Phi) is 5.05. The van der Waals surface area contributed by atoms with Crippen molar-refractivity contribution in [2.24, 2.45) is 5.92 Å². The Morgan fingerprint density at radius 2 is 1.94 bits per heavy atom. The summed E-state index contributed by atoms with van der Waals surface area (Å²) in [5.74, 6) is 0.987. The highest BCUT2D eigenvalue weighted by atomic mass is 16.5. The van der Waals surface area contributed by atoms with E-state index in [0.29, 0.717) is 11.6 Å². The number of likely N-dealkylation sites (N-methyl/N-ethyl adjacent to an activating group) is 1. The second kappa shape index (κ2) is 6.36. The van der Waals surface area contributed by atoms with E-state index < -0.39 is 0 Å². The normalized spacial score (nSPS) is 26.8. The third-order valence-electron chi connectivity index (χ3n) is 4.92. The van der Waals surface area contributed by atoms with E-state index in [1.165, 1.54) is 25.7 Å². The van der Waals surface area contributed by atoms with Crippen molar-refractivity contribution in [3.05, 3.63) is 0 Å². The highest BCUT2D eigenvalue weighted by Crippen LogP contribution is 2.38. The third kappa shape index (κ3) is 3.25. The number of ether oxygens (including phenoxy) is 1. The highest BCUT2D eigenvalue weighted by molar-refractivity contribution is 4.99. The monoisotopic (exact) mass is 254 g/mol. The fourth-order valence-electron chi connectivity index (χ4n) is 3.25. The summed E-state index contributed by atoms with van der Waals surface area (Å²) in [6.45, 7) is 12.1. The third-order valence-corrected chi connectivity index (χ3v) is 4.92.